The summed E-state index contributed by atoms with van der Waals surface area (Å²) < 4.78 is 0. The molecule has 2 nitrogen and oxygen atoms in total. The van der Waals surface area contributed by atoms with Gasteiger partial charge in [-0.1, -0.05) is 18.2 Å². The van der Waals surface area contributed by atoms with Gasteiger partial charge in [-0.2, -0.15) is 0 Å². The molecular weight excluding hydrogens is 250 g/mol. The van der Waals surface area contributed by atoms with Gasteiger partial charge >= 0.3 is 0 Å². The molecular formula is C13H15NOS2. The molecule has 0 radical (unpaired) electrons. The number of nitrogens with zero attached hydrogens (tertiary/aromatic N) is 1. The van der Waals surface area contributed by atoms with Gasteiger partial charge in [-0.05, 0) is 19.1 Å². The minimum Gasteiger partial charge on any atom is -0.392 e. The molecule has 1 aromatic heterocycles. The third kappa shape index (κ3) is 4.15. The Morgan fingerprint density at radius 3 is 2.76 bits per heavy atom. The first kappa shape index (κ1) is 12.6. The number of aryl methyl sites for hydroxylation is 1. The van der Waals surface area contributed by atoms with E-state index in [0.29, 0.717) is 12.2 Å². The fourth-order valence-corrected chi connectivity index (χ4v) is 2.99. The van der Waals surface area contributed by atoms with Crippen LogP contribution in [0.25, 0.3) is 0 Å². The zero-order valence-electron chi connectivity index (χ0n) is 9.67. The second kappa shape index (κ2) is 6.19. The Bertz CT molecular complexity index is 455. The summed E-state index contributed by atoms with van der Waals surface area (Å²) in [4.78, 5) is 5.55. The van der Waals surface area contributed by atoms with Crippen LogP contribution < -0.4 is 0 Å². The summed E-state index contributed by atoms with van der Waals surface area (Å²) in [5, 5.41) is 13.0. The van der Waals surface area contributed by atoms with Crippen LogP contribution >= 0.6 is 23.1 Å². The summed E-state index contributed by atoms with van der Waals surface area (Å²) in [7, 11) is 0. The highest BCUT2D eigenvalue weighted by atomic mass is 32.2. The summed E-state index contributed by atoms with van der Waals surface area (Å²) >= 11 is 3.31. The third-order valence-corrected chi connectivity index (χ3v) is 4.28. The lowest BCUT2D eigenvalue weighted by atomic mass is 10.2. The van der Waals surface area contributed by atoms with Gasteiger partial charge in [0.2, 0.25) is 0 Å². The van der Waals surface area contributed by atoms with E-state index in [-0.39, 0.29) is 6.10 Å². The molecule has 0 saturated heterocycles. The molecule has 4 heteroatoms. The minimum absolute atomic E-state index is 0.332. The number of thioether (sulfide) groups is 1. The summed E-state index contributed by atoms with van der Waals surface area (Å²) in [6, 6.07) is 10.1. The highest BCUT2D eigenvalue weighted by Crippen LogP contribution is 2.19. The summed E-state index contributed by atoms with van der Waals surface area (Å²) in [5.74, 6) is 0.709. The van der Waals surface area contributed by atoms with E-state index >= 15 is 0 Å². The van der Waals surface area contributed by atoms with Crippen LogP contribution in [-0.4, -0.2) is 21.9 Å². The number of aromatic nitrogens is 1. The van der Waals surface area contributed by atoms with Crippen molar-refractivity contribution in [2.45, 2.75) is 24.3 Å². The molecule has 0 aliphatic rings. The molecule has 1 unspecified atom stereocenters. The Hall–Kier alpha value is -0.840. The quantitative estimate of drug-likeness (QED) is 0.843. The number of hydrogen-bond acceptors (Lipinski definition) is 4. The highest BCUT2D eigenvalue weighted by Gasteiger charge is 2.08. The number of hydrogen-bond donors (Lipinski definition) is 1. The monoisotopic (exact) mass is 265 g/mol. The fraction of sp³-hybridized carbons (Fsp3) is 0.308. The highest BCUT2D eigenvalue weighted by molar-refractivity contribution is 7.99. The molecule has 0 fully saturated rings. The standard InChI is InChI=1S/C13H15NOS2/c1-10-14-11(8-16-10)7-12(15)9-17-13-5-3-2-4-6-13/h2-6,8,12,15H,7,9H2,1H3. The zero-order chi connectivity index (χ0) is 12.1. The number of thiazole rings is 1. The topological polar surface area (TPSA) is 33.1 Å². The van der Waals surface area contributed by atoms with Crippen molar-refractivity contribution in [3.63, 3.8) is 0 Å². The lowest BCUT2D eigenvalue weighted by molar-refractivity contribution is 0.199. The van der Waals surface area contributed by atoms with Crippen LogP contribution in [-0.2, 0) is 6.42 Å². The molecule has 17 heavy (non-hydrogen) atoms. The van der Waals surface area contributed by atoms with Crippen LogP contribution in [0.1, 0.15) is 10.7 Å². The van der Waals surface area contributed by atoms with Gasteiger partial charge in [-0.3, -0.25) is 0 Å². The maximum absolute atomic E-state index is 9.92. The third-order valence-electron chi connectivity index (χ3n) is 2.30. The molecule has 90 valence electrons. The molecule has 1 heterocycles. The van der Waals surface area contributed by atoms with Crippen LogP contribution in [0.4, 0.5) is 0 Å². The van der Waals surface area contributed by atoms with Crippen LogP contribution in [0.2, 0.25) is 0 Å². The van der Waals surface area contributed by atoms with E-state index in [1.165, 1.54) is 4.90 Å². The van der Waals surface area contributed by atoms with Crippen LogP contribution in [0, 0.1) is 6.92 Å². The molecule has 2 aromatic rings. The molecule has 0 amide bonds. The zero-order valence-corrected chi connectivity index (χ0v) is 11.3. The Morgan fingerprint density at radius 2 is 2.12 bits per heavy atom. The Labute approximate surface area is 110 Å². The smallest absolute Gasteiger partial charge is 0.0897 e. The van der Waals surface area contributed by atoms with Crippen molar-refractivity contribution in [2.75, 3.05) is 5.75 Å². The first-order valence-corrected chi connectivity index (χ1v) is 7.37. The maximum atomic E-state index is 9.92. The van der Waals surface area contributed by atoms with Crippen molar-refractivity contribution in [2.24, 2.45) is 0 Å². The van der Waals surface area contributed by atoms with E-state index in [1.807, 2.05) is 30.5 Å². The van der Waals surface area contributed by atoms with Gasteiger partial charge in [-0.25, -0.2) is 4.98 Å². The van der Waals surface area contributed by atoms with Crippen molar-refractivity contribution < 1.29 is 5.11 Å². The van der Waals surface area contributed by atoms with Crippen LogP contribution in [0.5, 0.6) is 0 Å². The van der Waals surface area contributed by atoms with E-state index in [0.717, 1.165) is 10.7 Å². The lowest BCUT2D eigenvalue weighted by Gasteiger charge is -2.08. The molecule has 1 N–H and O–H groups in total. The average Bonchev–Trinajstić information content (AvgIpc) is 2.73. The number of aliphatic hydroxyl groups excluding tert-OH is 1. The van der Waals surface area contributed by atoms with Crippen molar-refractivity contribution in [3.8, 4) is 0 Å². The SMILES string of the molecule is Cc1nc(CC(O)CSc2ccccc2)cs1. The minimum atomic E-state index is -0.332. The molecule has 0 bridgehead atoms. The van der Waals surface area contributed by atoms with Crippen LogP contribution in [0.3, 0.4) is 0 Å². The lowest BCUT2D eigenvalue weighted by Crippen LogP contribution is -2.13. The Kier molecular flexibility index (Phi) is 4.59. The molecule has 0 saturated carbocycles. The molecule has 1 aromatic carbocycles. The normalized spacial score (nSPS) is 12.6. The summed E-state index contributed by atoms with van der Waals surface area (Å²) in [6.07, 6.45) is 0.311. The van der Waals surface area contributed by atoms with E-state index in [1.54, 1.807) is 23.1 Å². The molecule has 2 rings (SSSR count). The largest absolute Gasteiger partial charge is 0.392 e. The van der Waals surface area contributed by atoms with Gasteiger partial charge in [0, 0.05) is 22.4 Å². The predicted octanol–water partition coefficient (Wildman–Crippen LogP) is 3.15. The second-order valence-corrected chi connectivity index (χ2v) is 6.00. The number of benzene rings is 1. The summed E-state index contributed by atoms with van der Waals surface area (Å²) in [6.45, 7) is 1.99. The van der Waals surface area contributed by atoms with E-state index in [9.17, 15) is 5.11 Å². The van der Waals surface area contributed by atoms with Gasteiger partial charge in [0.1, 0.15) is 0 Å². The molecule has 0 aliphatic carbocycles. The number of rotatable bonds is 5. The van der Waals surface area contributed by atoms with Crippen molar-refractivity contribution in [1.82, 2.24) is 4.98 Å². The van der Waals surface area contributed by atoms with Gasteiger partial charge in [0.05, 0.1) is 16.8 Å². The van der Waals surface area contributed by atoms with Gasteiger partial charge in [0.25, 0.3) is 0 Å². The van der Waals surface area contributed by atoms with Crippen LogP contribution in [0.15, 0.2) is 40.6 Å². The Balaban J connectivity index is 1.80. The Morgan fingerprint density at radius 1 is 1.35 bits per heavy atom. The second-order valence-electron chi connectivity index (χ2n) is 3.84. The maximum Gasteiger partial charge on any atom is 0.0897 e. The fourth-order valence-electron chi connectivity index (χ4n) is 1.51. The van der Waals surface area contributed by atoms with Gasteiger partial charge < -0.3 is 5.11 Å². The van der Waals surface area contributed by atoms with Crippen molar-refractivity contribution >= 4 is 23.1 Å². The van der Waals surface area contributed by atoms with E-state index in [2.05, 4.69) is 17.1 Å². The van der Waals surface area contributed by atoms with E-state index < -0.39 is 0 Å². The van der Waals surface area contributed by atoms with E-state index in [4.69, 9.17) is 0 Å². The number of aliphatic hydroxyl groups is 1. The van der Waals surface area contributed by atoms with Gasteiger partial charge in [-0.15, -0.1) is 23.1 Å². The first-order valence-electron chi connectivity index (χ1n) is 5.51. The predicted molar refractivity (Wildman–Crippen MR) is 73.7 cm³/mol. The van der Waals surface area contributed by atoms with Gasteiger partial charge in [0.15, 0.2) is 0 Å². The first-order chi connectivity index (χ1) is 8.24. The average molecular weight is 265 g/mol. The van der Waals surface area contributed by atoms with Crippen molar-refractivity contribution in [1.29, 1.82) is 0 Å². The summed E-state index contributed by atoms with van der Waals surface area (Å²) in [5.41, 5.74) is 0.994. The van der Waals surface area contributed by atoms with Crippen molar-refractivity contribution in [3.05, 3.63) is 46.4 Å². The molecule has 0 spiro atoms. The molecule has 1 atom stereocenters. The molecule has 0 aliphatic heterocycles.